The van der Waals surface area contributed by atoms with Gasteiger partial charge in [-0.1, -0.05) is 42.5 Å². The van der Waals surface area contributed by atoms with E-state index in [1.165, 1.54) is 16.7 Å². The molecule has 0 N–H and O–H groups in total. The van der Waals surface area contributed by atoms with E-state index in [9.17, 15) is 0 Å². The summed E-state index contributed by atoms with van der Waals surface area (Å²) in [7, 11) is 0. The predicted octanol–water partition coefficient (Wildman–Crippen LogP) is 3.87. The lowest BCUT2D eigenvalue weighted by Gasteiger charge is -2.10. The van der Waals surface area contributed by atoms with Gasteiger partial charge in [0.15, 0.2) is 0 Å². The van der Waals surface area contributed by atoms with Gasteiger partial charge in [-0.3, -0.25) is 4.42 Å². The molecule has 16 heavy (non-hydrogen) atoms. The van der Waals surface area contributed by atoms with Gasteiger partial charge < -0.3 is 0 Å². The highest BCUT2D eigenvalue weighted by molar-refractivity contribution is 6.26. The van der Waals surface area contributed by atoms with Crippen molar-refractivity contribution in [2.75, 3.05) is 11.0 Å². The number of halogens is 1. The van der Waals surface area contributed by atoms with Crippen LogP contribution in [0, 0.1) is 0 Å². The molecule has 1 aliphatic rings. The van der Waals surface area contributed by atoms with Crippen LogP contribution in [0.2, 0.25) is 0 Å². The first-order valence-corrected chi connectivity index (χ1v) is 5.80. The minimum absolute atomic E-state index is 0.912. The predicted molar refractivity (Wildman–Crippen MR) is 68.8 cm³/mol. The molecule has 0 spiro atoms. The Kier molecular flexibility index (Phi) is 2.33. The van der Waals surface area contributed by atoms with Crippen LogP contribution >= 0.6 is 11.8 Å². The Morgan fingerprint density at radius 2 is 1.75 bits per heavy atom. The van der Waals surface area contributed by atoms with Crippen molar-refractivity contribution in [1.29, 1.82) is 0 Å². The zero-order valence-electron chi connectivity index (χ0n) is 8.86. The molecule has 0 atom stereocenters. The number of anilines is 1. The Morgan fingerprint density at radius 1 is 0.938 bits per heavy atom. The molecular weight excluding hydrogens is 218 g/mol. The van der Waals surface area contributed by atoms with Crippen molar-refractivity contribution in [2.24, 2.45) is 0 Å². The fraction of sp³-hybridized carbons (Fsp3) is 0.143. The molecule has 1 nitrogen and oxygen atoms in total. The summed E-state index contributed by atoms with van der Waals surface area (Å²) < 4.78 is 1.81. The van der Waals surface area contributed by atoms with Crippen LogP contribution in [0.4, 0.5) is 5.69 Å². The molecule has 0 radical (unpaired) electrons. The van der Waals surface area contributed by atoms with E-state index in [2.05, 4.69) is 42.5 Å². The molecule has 0 saturated heterocycles. The molecule has 3 rings (SSSR count). The monoisotopic (exact) mass is 229 g/mol. The summed E-state index contributed by atoms with van der Waals surface area (Å²) in [5, 5.41) is 0. The molecule has 0 bridgehead atoms. The normalized spacial score (nSPS) is 13.9. The zero-order chi connectivity index (χ0) is 11.0. The third kappa shape index (κ3) is 1.57. The van der Waals surface area contributed by atoms with Gasteiger partial charge in [-0.25, -0.2) is 0 Å². The molecule has 0 fully saturated rings. The van der Waals surface area contributed by atoms with Crippen molar-refractivity contribution in [2.45, 2.75) is 6.42 Å². The Morgan fingerprint density at radius 3 is 2.56 bits per heavy atom. The number of rotatable bonds is 1. The van der Waals surface area contributed by atoms with E-state index in [-0.39, 0.29) is 0 Å². The van der Waals surface area contributed by atoms with Crippen LogP contribution in [0.25, 0.3) is 11.1 Å². The Bertz CT molecular complexity index is 507. The van der Waals surface area contributed by atoms with Crippen LogP contribution in [-0.4, -0.2) is 6.54 Å². The highest BCUT2D eigenvalue weighted by Crippen LogP contribution is 2.33. The van der Waals surface area contributed by atoms with Crippen LogP contribution < -0.4 is 4.42 Å². The van der Waals surface area contributed by atoms with Gasteiger partial charge in [0.25, 0.3) is 0 Å². The summed E-state index contributed by atoms with van der Waals surface area (Å²) in [6.07, 6.45) is 1.05. The average molecular weight is 230 g/mol. The van der Waals surface area contributed by atoms with E-state index < -0.39 is 0 Å². The van der Waals surface area contributed by atoms with Crippen LogP contribution in [0.1, 0.15) is 5.56 Å². The maximum atomic E-state index is 6.14. The summed E-state index contributed by atoms with van der Waals surface area (Å²) in [4.78, 5) is 0. The lowest BCUT2D eigenvalue weighted by Crippen LogP contribution is -2.04. The standard InChI is InChI=1S/C14H12ClN/c15-16-9-8-12-6-7-13(10-14(12)16)11-4-2-1-3-5-11/h1-7,10H,8-9H2. The molecule has 0 saturated carbocycles. The summed E-state index contributed by atoms with van der Waals surface area (Å²) >= 11 is 6.14. The molecule has 1 aliphatic heterocycles. The van der Waals surface area contributed by atoms with Crippen molar-refractivity contribution >= 4 is 17.5 Å². The summed E-state index contributed by atoms with van der Waals surface area (Å²) in [6, 6.07) is 16.9. The SMILES string of the molecule is ClN1CCc2ccc(-c3ccccc3)cc21. The molecule has 0 aliphatic carbocycles. The highest BCUT2D eigenvalue weighted by atomic mass is 35.5. The summed E-state index contributed by atoms with van der Waals surface area (Å²) in [5.41, 5.74) is 4.96. The maximum absolute atomic E-state index is 6.14. The fourth-order valence-corrected chi connectivity index (χ4v) is 2.39. The summed E-state index contributed by atoms with van der Waals surface area (Å²) in [5.74, 6) is 0. The van der Waals surface area contributed by atoms with Gasteiger partial charge in [-0.2, -0.15) is 0 Å². The lowest BCUT2D eigenvalue weighted by atomic mass is 10.0. The number of hydrogen-bond donors (Lipinski definition) is 0. The average Bonchev–Trinajstić information content (AvgIpc) is 2.72. The molecule has 80 valence electrons. The number of hydrogen-bond acceptors (Lipinski definition) is 1. The first kappa shape index (κ1) is 9.73. The molecule has 2 aromatic carbocycles. The minimum Gasteiger partial charge on any atom is -0.285 e. The van der Waals surface area contributed by atoms with Crippen LogP contribution in [0.3, 0.4) is 0 Å². The number of nitrogens with zero attached hydrogens (tertiary/aromatic N) is 1. The second-order valence-electron chi connectivity index (χ2n) is 4.05. The fourth-order valence-electron chi connectivity index (χ4n) is 2.15. The molecule has 2 aromatic rings. The van der Waals surface area contributed by atoms with Crippen molar-refractivity contribution in [3.8, 4) is 11.1 Å². The molecule has 0 aromatic heterocycles. The molecule has 2 heteroatoms. The molecule has 0 unspecified atom stereocenters. The van der Waals surface area contributed by atoms with Gasteiger partial charge in [0.05, 0.1) is 5.69 Å². The second kappa shape index (κ2) is 3.84. The van der Waals surface area contributed by atoms with Crippen molar-refractivity contribution in [3.63, 3.8) is 0 Å². The molecule has 0 amide bonds. The van der Waals surface area contributed by atoms with Crippen LogP contribution in [-0.2, 0) is 6.42 Å². The van der Waals surface area contributed by atoms with Crippen molar-refractivity contribution in [3.05, 3.63) is 54.1 Å². The zero-order valence-corrected chi connectivity index (χ0v) is 9.61. The van der Waals surface area contributed by atoms with E-state index in [4.69, 9.17) is 11.8 Å². The Hall–Kier alpha value is -1.47. The third-order valence-corrected chi connectivity index (χ3v) is 3.38. The van der Waals surface area contributed by atoms with Crippen LogP contribution in [0.5, 0.6) is 0 Å². The highest BCUT2D eigenvalue weighted by Gasteiger charge is 2.17. The van der Waals surface area contributed by atoms with Gasteiger partial charge in [0, 0.05) is 18.3 Å². The molecular formula is C14H12ClN. The first-order valence-electron chi connectivity index (χ1n) is 5.46. The first-order chi connectivity index (χ1) is 7.84. The summed E-state index contributed by atoms with van der Waals surface area (Å²) in [6.45, 7) is 0.912. The maximum Gasteiger partial charge on any atom is 0.0562 e. The van der Waals surface area contributed by atoms with E-state index in [0.717, 1.165) is 18.7 Å². The van der Waals surface area contributed by atoms with Gasteiger partial charge in [0.1, 0.15) is 0 Å². The topological polar surface area (TPSA) is 3.24 Å². The lowest BCUT2D eigenvalue weighted by molar-refractivity contribution is 1.05. The number of fused-ring (bicyclic) bond motifs is 1. The van der Waals surface area contributed by atoms with Gasteiger partial charge in [-0.15, -0.1) is 0 Å². The quantitative estimate of drug-likeness (QED) is 0.671. The third-order valence-electron chi connectivity index (χ3n) is 3.03. The van der Waals surface area contributed by atoms with E-state index >= 15 is 0 Å². The largest absolute Gasteiger partial charge is 0.285 e. The second-order valence-corrected chi connectivity index (χ2v) is 4.45. The molecule has 1 heterocycles. The number of benzene rings is 2. The smallest absolute Gasteiger partial charge is 0.0562 e. The minimum atomic E-state index is 0.912. The van der Waals surface area contributed by atoms with Gasteiger partial charge in [0.2, 0.25) is 0 Å². The van der Waals surface area contributed by atoms with E-state index in [1.807, 2.05) is 10.5 Å². The van der Waals surface area contributed by atoms with Gasteiger partial charge in [-0.05, 0) is 29.2 Å². The van der Waals surface area contributed by atoms with Crippen molar-refractivity contribution < 1.29 is 0 Å². The Balaban J connectivity index is 2.08. The van der Waals surface area contributed by atoms with Gasteiger partial charge >= 0.3 is 0 Å². The Labute approximate surface area is 100 Å². The van der Waals surface area contributed by atoms with Crippen molar-refractivity contribution in [1.82, 2.24) is 0 Å². The van der Waals surface area contributed by atoms with E-state index in [0.29, 0.717) is 0 Å². The van der Waals surface area contributed by atoms with Crippen LogP contribution in [0.15, 0.2) is 48.5 Å². The van der Waals surface area contributed by atoms with E-state index in [1.54, 1.807) is 0 Å².